The number of methoxy groups -OCH3 is 1. The molecule has 0 saturated heterocycles. The van der Waals surface area contributed by atoms with Crippen LogP contribution in [-0.2, 0) is 6.54 Å². The van der Waals surface area contributed by atoms with Crippen LogP contribution in [0.1, 0.15) is 25.8 Å². The first-order chi connectivity index (χ1) is 13.6. The standard InChI is InChI=1S/C21H30N4O3.HI/c1-5-11-27-20-10-9-17(14-23-20)15-25-21(22-3)24-13-16(2)28-19-8-6-7-18(12-19)26-4;/h6-10,12,14,16H,5,11,13,15H2,1-4H3,(H2,22,24,25);1H. The number of hydrogen-bond acceptors (Lipinski definition) is 5. The van der Waals surface area contributed by atoms with E-state index in [1.54, 1.807) is 20.4 Å². The first-order valence-electron chi connectivity index (χ1n) is 9.47. The Bertz CT molecular complexity index is 741. The van der Waals surface area contributed by atoms with Gasteiger partial charge in [0.15, 0.2) is 5.96 Å². The average Bonchev–Trinajstić information content (AvgIpc) is 2.73. The van der Waals surface area contributed by atoms with Gasteiger partial charge in [-0.2, -0.15) is 0 Å². The molecular weight excluding hydrogens is 483 g/mol. The number of ether oxygens (including phenoxy) is 3. The van der Waals surface area contributed by atoms with Crippen LogP contribution in [0.2, 0.25) is 0 Å². The van der Waals surface area contributed by atoms with Gasteiger partial charge in [0.05, 0.1) is 20.3 Å². The third kappa shape index (κ3) is 9.21. The monoisotopic (exact) mass is 514 g/mol. The van der Waals surface area contributed by atoms with E-state index in [1.807, 2.05) is 43.3 Å². The summed E-state index contributed by atoms with van der Waals surface area (Å²) in [6.45, 7) is 5.97. The minimum atomic E-state index is -0.0395. The van der Waals surface area contributed by atoms with Crippen LogP contribution in [0, 0.1) is 0 Å². The molecule has 29 heavy (non-hydrogen) atoms. The van der Waals surface area contributed by atoms with E-state index >= 15 is 0 Å². The molecule has 1 heterocycles. The Hall–Kier alpha value is -2.23. The van der Waals surface area contributed by atoms with Crippen molar-refractivity contribution in [1.82, 2.24) is 15.6 Å². The predicted molar refractivity (Wildman–Crippen MR) is 127 cm³/mol. The number of pyridine rings is 1. The highest BCUT2D eigenvalue weighted by atomic mass is 127. The van der Waals surface area contributed by atoms with Gasteiger partial charge < -0.3 is 24.8 Å². The maximum atomic E-state index is 5.91. The van der Waals surface area contributed by atoms with Gasteiger partial charge >= 0.3 is 0 Å². The zero-order chi connectivity index (χ0) is 20.2. The summed E-state index contributed by atoms with van der Waals surface area (Å²) in [5.41, 5.74) is 1.05. The predicted octanol–water partition coefficient (Wildman–Crippen LogP) is 3.63. The van der Waals surface area contributed by atoms with Crippen LogP contribution >= 0.6 is 24.0 Å². The smallest absolute Gasteiger partial charge is 0.213 e. The molecule has 1 aromatic carbocycles. The maximum Gasteiger partial charge on any atom is 0.213 e. The summed E-state index contributed by atoms with van der Waals surface area (Å²) >= 11 is 0. The van der Waals surface area contributed by atoms with Crippen LogP contribution in [0.25, 0.3) is 0 Å². The van der Waals surface area contributed by atoms with E-state index in [0.717, 1.165) is 23.5 Å². The van der Waals surface area contributed by atoms with E-state index in [9.17, 15) is 0 Å². The van der Waals surface area contributed by atoms with Gasteiger partial charge in [-0.05, 0) is 31.0 Å². The van der Waals surface area contributed by atoms with Gasteiger partial charge in [0.2, 0.25) is 5.88 Å². The lowest BCUT2D eigenvalue weighted by atomic mass is 10.3. The van der Waals surface area contributed by atoms with Crippen molar-refractivity contribution in [3.05, 3.63) is 48.2 Å². The Morgan fingerprint density at radius 3 is 2.62 bits per heavy atom. The van der Waals surface area contributed by atoms with Crippen molar-refractivity contribution in [3.8, 4) is 17.4 Å². The van der Waals surface area contributed by atoms with Crippen molar-refractivity contribution in [3.63, 3.8) is 0 Å². The van der Waals surface area contributed by atoms with Gasteiger partial charge in [-0.1, -0.05) is 19.1 Å². The van der Waals surface area contributed by atoms with Crippen molar-refractivity contribution in [1.29, 1.82) is 0 Å². The molecule has 0 saturated carbocycles. The molecule has 8 heteroatoms. The summed E-state index contributed by atoms with van der Waals surface area (Å²) in [4.78, 5) is 8.54. The lowest BCUT2D eigenvalue weighted by Gasteiger charge is -2.18. The van der Waals surface area contributed by atoms with Gasteiger partial charge in [0.25, 0.3) is 0 Å². The van der Waals surface area contributed by atoms with Crippen LogP contribution in [0.15, 0.2) is 47.6 Å². The molecule has 0 amide bonds. The van der Waals surface area contributed by atoms with Gasteiger partial charge in [-0.15, -0.1) is 24.0 Å². The summed E-state index contributed by atoms with van der Waals surface area (Å²) in [7, 11) is 3.38. The normalized spacial score (nSPS) is 11.8. The molecule has 2 N–H and O–H groups in total. The second-order valence-electron chi connectivity index (χ2n) is 6.27. The second-order valence-corrected chi connectivity index (χ2v) is 6.27. The van der Waals surface area contributed by atoms with Crippen molar-refractivity contribution in [2.45, 2.75) is 32.9 Å². The Balaban J connectivity index is 0.00000420. The number of nitrogens with zero attached hydrogens (tertiary/aromatic N) is 2. The number of halogens is 1. The third-order valence-corrected chi connectivity index (χ3v) is 3.87. The molecule has 1 aromatic heterocycles. The van der Waals surface area contributed by atoms with Crippen molar-refractivity contribution >= 4 is 29.9 Å². The lowest BCUT2D eigenvalue weighted by Crippen LogP contribution is -2.41. The molecule has 7 nitrogen and oxygen atoms in total. The number of hydrogen-bond donors (Lipinski definition) is 2. The summed E-state index contributed by atoms with van der Waals surface area (Å²) in [5, 5.41) is 6.53. The van der Waals surface area contributed by atoms with Gasteiger partial charge in [-0.25, -0.2) is 4.98 Å². The average molecular weight is 514 g/mol. The number of benzene rings is 1. The molecule has 0 spiro atoms. The van der Waals surface area contributed by atoms with Gasteiger partial charge in [0, 0.05) is 31.9 Å². The van der Waals surface area contributed by atoms with E-state index in [-0.39, 0.29) is 30.1 Å². The molecule has 0 fully saturated rings. The maximum absolute atomic E-state index is 5.91. The summed E-state index contributed by atoms with van der Waals surface area (Å²) in [5.74, 6) is 2.90. The fourth-order valence-corrected chi connectivity index (χ4v) is 2.40. The Labute approximate surface area is 190 Å². The molecular formula is C21H31IN4O3. The molecule has 0 radical (unpaired) electrons. The molecule has 0 aliphatic heterocycles. The van der Waals surface area contributed by atoms with Crippen LogP contribution in [0.4, 0.5) is 0 Å². The number of aromatic nitrogens is 1. The first-order valence-corrected chi connectivity index (χ1v) is 9.47. The Morgan fingerprint density at radius 2 is 1.97 bits per heavy atom. The SMILES string of the molecule is CCCOc1ccc(CNC(=NC)NCC(C)Oc2cccc(OC)c2)cn1.I. The molecule has 0 aliphatic rings. The fourth-order valence-electron chi connectivity index (χ4n) is 2.40. The van der Waals surface area contributed by atoms with E-state index in [2.05, 4.69) is 27.5 Å². The molecule has 2 rings (SSSR count). The minimum Gasteiger partial charge on any atom is -0.497 e. The van der Waals surface area contributed by atoms with Crippen molar-refractivity contribution < 1.29 is 14.2 Å². The van der Waals surface area contributed by atoms with Gasteiger partial charge in [-0.3, -0.25) is 4.99 Å². The Morgan fingerprint density at radius 1 is 1.17 bits per heavy atom. The third-order valence-electron chi connectivity index (χ3n) is 3.87. The van der Waals surface area contributed by atoms with E-state index in [0.29, 0.717) is 31.5 Å². The fraction of sp³-hybridized carbons (Fsp3) is 0.429. The molecule has 1 unspecified atom stereocenters. The number of guanidine groups is 1. The molecule has 0 aliphatic carbocycles. The zero-order valence-corrected chi connectivity index (χ0v) is 19.8. The number of aliphatic imine (C=N–C) groups is 1. The van der Waals surface area contributed by atoms with Crippen molar-refractivity contribution in [2.75, 3.05) is 27.3 Å². The van der Waals surface area contributed by atoms with Crippen LogP contribution < -0.4 is 24.8 Å². The van der Waals surface area contributed by atoms with Crippen LogP contribution in [0.5, 0.6) is 17.4 Å². The summed E-state index contributed by atoms with van der Waals surface area (Å²) < 4.78 is 16.6. The number of nitrogens with one attached hydrogen (secondary N) is 2. The quantitative estimate of drug-likeness (QED) is 0.287. The highest BCUT2D eigenvalue weighted by molar-refractivity contribution is 14.0. The summed E-state index contributed by atoms with van der Waals surface area (Å²) in [6.07, 6.45) is 2.73. The largest absolute Gasteiger partial charge is 0.497 e. The second kappa shape index (κ2) is 13.9. The highest BCUT2D eigenvalue weighted by Gasteiger charge is 2.07. The highest BCUT2D eigenvalue weighted by Crippen LogP contribution is 2.19. The molecule has 2 aromatic rings. The Kier molecular flexibility index (Phi) is 11.9. The van der Waals surface area contributed by atoms with E-state index in [4.69, 9.17) is 14.2 Å². The lowest BCUT2D eigenvalue weighted by molar-refractivity contribution is 0.223. The molecule has 0 bridgehead atoms. The summed E-state index contributed by atoms with van der Waals surface area (Å²) in [6, 6.07) is 11.4. The van der Waals surface area contributed by atoms with Crippen LogP contribution in [-0.4, -0.2) is 44.4 Å². The van der Waals surface area contributed by atoms with Gasteiger partial charge in [0.1, 0.15) is 17.6 Å². The van der Waals surface area contributed by atoms with Crippen molar-refractivity contribution in [2.24, 2.45) is 4.99 Å². The topological polar surface area (TPSA) is 77.0 Å². The van der Waals surface area contributed by atoms with E-state index in [1.165, 1.54) is 0 Å². The molecule has 1 atom stereocenters. The van der Waals surface area contributed by atoms with Crippen LogP contribution in [0.3, 0.4) is 0 Å². The first kappa shape index (κ1) is 24.8. The zero-order valence-electron chi connectivity index (χ0n) is 17.5. The number of rotatable bonds is 10. The minimum absolute atomic E-state index is 0. The molecule has 160 valence electrons. The van der Waals surface area contributed by atoms with E-state index < -0.39 is 0 Å².